The van der Waals surface area contributed by atoms with Crippen LogP contribution in [0.2, 0.25) is 0 Å². The van der Waals surface area contributed by atoms with Gasteiger partial charge in [-0.2, -0.15) is 0 Å². The molecule has 0 saturated heterocycles. The third kappa shape index (κ3) is 5.22. The second-order valence-electron chi connectivity index (χ2n) is 9.26. The number of anilines is 2. The molecule has 188 valence electrons. The molecule has 0 saturated carbocycles. The number of aromatic nitrogens is 3. The lowest BCUT2D eigenvalue weighted by Gasteiger charge is -2.09. The van der Waals surface area contributed by atoms with E-state index < -0.39 is 0 Å². The number of benzene rings is 2. The minimum atomic E-state index is -0.266. The Kier molecular flexibility index (Phi) is 6.82. The average Bonchev–Trinajstić information content (AvgIpc) is 3.37. The Morgan fingerprint density at radius 1 is 0.868 bits per heavy atom. The highest BCUT2D eigenvalue weighted by Crippen LogP contribution is 2.31. The van der Waals surface area contributed by atoms with Gasteiger partial charge in [0, 0.05) is 52.0 Å². The minimum Gasteiger partial charge on any atom is -0.346 e. The molecular formula is C31H27N5O2. The molecule has 7 heteroatoms. The first-order valence-corrected chi connectivity index (χ1v) is 12.3. The topological polar surface area (TPSA) is 99.8 Å². The van der Waals surface area contributed by atoms with Crippen molar-refractivity contribution in [2.45, 2.75) is 19.8 Å². The van der Waals surface area contributed by atoms with Gasteiger partial charge in [0.1, 0.15) is 11.3 Å². The summed E-state index contributed by atoms with van der Waals surface area (Å²) in [6.45, 7) is 7.76. The fraction of sp³-hybridized carbons (Fsp3) is 0.0968. The largest absolute Gasteiger partial charge is 0.346 e. The monoisotopic (exact) mass is 501 g/mol. The molecule has 0 bridgehead atoms. The molecule has 5 aromatic rings. The zero-order valence-corrected chi connectivity index (χ0v) is 21.2. The van der Waals surface area contributed by atoms with Gasteiger partial charge in [-0.3, -0.25) is 14.6 Å². The highest BCUT2D eigenvalue weighted by molar-refractivity contribution is 6.03. The summed E-state index contributed by atoms with van der Waals surface area (Å²) in [6.07, 6.45) is 6.60. The second-order valence-corrected chi connectivity index (χ2v) is 9.26. The molecule has 0 spiro atoms. The lowest BCUT2D eigenvalue weighted by Crippen LogP contribution is -2.13. The van der Waals surface area contributed by atoms with Crippen LogP contribution in [0.3, 0.4) is 0 Å². The van der Waals surface area contributed by atoms with Gasteiger partial charge in [-0.25, -0.2) is 4.98 Å². The minimum absolute atomic E-state index is 0.264. The number of hydrogen-bond acceptors (Lipinski definition) is 4. The fourth-order valence-electron chi connectivity index (χ4n) is 4.20. The normalized spacial score (nSPS) is 10.9. The lowest BCUT2D eigenvalue weighted by molar-refractivity contribution is -0.111. The van der Waals surface area contributed by atoms with Crippen molar-refractivity contribution < 1.29 is 9.59 Å². The third-order valence-electron chi connectivity index (χ3n) is 6.32. The third-order valence-corrected chi connectivity index (χ3v) is 6.32. The van der Waals surface area contributed by atoms with E-state index in [0.717, 1.165) is 39.0 Å². The summed E-state index contributed by atoms with van der Waals surface area (Å²) < 4.78 is 0. The first kappa shape index (κ1) is 24.6. The number of carbonyl (C=O) groups excluding carboxylic acids is 2. The van der Waals surface area contributed by atoms with Gasteiger partial charge >= 0.3 is 0 Å². The number of hydrogen-bond donors (Lipinski definition) is 3. The average molecular weight is 502 g/mol. The predicted molar refractivity (Wildman–Crippen MR) is 152 cm³/mol. The number of fused-ring (bicyclic) bond motifs is 1. The van der Waals surface area contributed by atoms with Gasteiger partial charge in [-0.15, -0.1) is 0 Å². The van der Waals surface area contributed by atoms with Crippen LogP contribution < -0.4 is 10.6 Å². The highest BCUT2D eigenvalue weighted by atomic mass is 16.2. The van der Waals surface area contributed by atoms with E-state index in [1.807, 2.05) is 66.9 Å². The van der Waals surface area contributed by atoms with E-state index >= 15 is 0 Å². The van der Waals surface area contributed by atoms with Crippen LogP contribution in [0.25, 0.3) is 33.3 Å². The van der Waals surface area contributed by atoms with E-state index in [1.54, 1.807) is 18.5 Å². The van der Waals surface area contributed by atoms with Crippen molar-refractivity contribution in [1.82, 2.24) is 15.0 Å². The number of amides is 2. The Bertz CT molecular complexity index is 1630. The number of aromatic amines is 1. The zero-order chi connectivity index (χ0) is 26.6. The smallest absolute Gasteiger partial charge is 0.274 e. The predicted octanol–water partition coefficient (Wildman–Crippen LogP) is 6.79. The standard InChI is InChI=1S/C31H27N5O2/c1-4-29(37)35-25-7-5-6-21(14-25)23-15-26-27(18-34-30(26)33-17-23)22-10-13-28(32-16-22)31(38)36-24-11-8-20(9-12-24)19(2)3/h4-19H,1H2,2-3H3,(H,33,34)(H,35,37)(H,36,38). The van der Waals surface area contributed by atoms with Crippen LogP contribution in [-0.4, -0.2) is 26.8 Å². The van der Waals surface area contributed by atoms with Gasteiger partial charge < -0.3 is 15.6 Å². The van der Waals surface area contributed by atoms with Crippen molar-refractivity contribution in [3.05, 3.63) is 109 Å². The van der Waals surface area contributed by atoms with Crippen LogP contribution in [0.15, 0.2) is 98.0 Å². The van der Waals surface area contributed by atoms with Crippen molar-refractivity contribution in [3.8, 4) is 22.3 Å². The van der Waals surface area contributed by atoms with Crippen LogP contribution in [-0.2, 0) is 4.79 Å². The van der Waals surface area contributed by atoms with Crippen molar-refractivity contribution >= 4 is 34.2 Å². The molecular weight excluding hydrogens is 474 g/mol. The highest BCUT2D eigenvalue weighted by Gasteiger charge is 2.13. The molecule has 2 amide bonds. The van der Waals surface area contributed by atoms with Gasteiger partial charge in [-0.1, -0.05) is 50.8 Å². The first-order chi connectivity index (χ1) is 18.4. The molecule has 0 aliphatic carbocycles. The first-order valence-electron chi connectivity index (χ1n) is 12.3. The molecule has 7 nitrogen and oxygen atoms in total. The second kappa shape index (κ2) is 10.5. The van der Waals surface area contributed by atoms with E-state index in [4.69, 9.17) is 0 Å². The number of H-pyrrole nitrogens is 1. The summed E-state index contributed by atoms with van der Waals surface area (Å²) in [7, 11) is 0. The van der Waals surface area contributed by atoms with E-state index in [1.165, 1.54) is 11.6 Å². The summed E-state index contributed by atoms with van der Waals surface area (Å²) >= 11 is 0. The van der Waals surface area contributed by atoms with Crippen molar-refractivity contribution in [2.24, 2.45) is 0 Å². The fourth-order valence-corrected chi connectivity index (χ4v) is 4.20. The summed E-state index contributed by atoms with van der Waals surface area (Å²) in [5.74, 6) is -0.0996. The van der Waals surface area contributed by atoms with E-state index in [0.29, 0.717) is 17.3 Å². The zero-order valence-electron chi connectivity index (χ0n) is 21.2. The summed E-state index contributed by atoms with van der Waals surface area (Å²) in [5.41, 5.74) is 7.30. The molecule has 0 fully saturated rings. The Balaban J connectivity index is 1.37. The number of pyridine rings is 2. The lowest BCUT2D eigenvalue weighted by atomic mass is 10.0. The molecule has 3 heterocycles. The summed E-state index contributed by atoms with van der Waals surface area (Å²) in [4.78, 5) is 36.6. The molecule has 3 aromatic heterocycles. The van der Waals surface area contributed by atoms with E-state index in [2.05, 4.69) is 46.0 Å². The van der Waals surface area contributed by atoms with E-state index in [-0.39, 0.29) is 11.8 Å². The van der Waals surface area contributed by atoms with Gasteiger partial charge in [0.15, 0.2) is 0 Å². The van der Waals surface area contributed by atoms with Gasteiger partial charge in [0.05, 0.1) is 0 Å². The van der Waals surface area contributed by atoms with E-state index in [9.17, 15) is 9.59 Å². The molecule has 3 N–H and O–H groups in total. The molecule has 0 aliphatic heterocycles. The quantitative estimate of drug-likeness (QED) is 0.214. The Morgan fingerprint density at radius 2 is 1.66 bits per heavy atom. The molecule has 2 aromatic carbocycles. The number of carbonyl (C=O) groups is 2. The number of nitrogens with zero attached hydrogens (tertiary/aromatic N) is 2. The molecule has 38 heavy (non-hydrogen) atoms. The van der Waals surface area contributed by atoms with Crippen LogP contribution in [0.1, 0.15) is 35.8 Å². The SMILES string of the molecule is C=CC(=O)Nc1cccc(-c2cnc3[nH]cc(-c4ccc(C(=O)Nc5ccc(C(C)C)cc5)nc4)c3c2)c1. The van der Waals surface area contributed by atoms with Crippen molar-refractivity contribution in [3.63, 3.8) is 0 Å². The maximum atomic E-state index is 12.7. The van der Waals surface area contributed by atoms with Gasteiger partial charge in [0.25, 0.3) is 5.91 Å². The van der Waals surface area contributed by atoms with Gasteiger partial charge in [-0.05, 0) is 59.5 Å². The number of nitrogens with one attached hydrogen (secondary N) is 3. The van der Waals surface area contributed by atoms with Gasteiger partial charge in [0.2, 0.25) is 5.91 Å². The summed E-state index contributed by atoms with van der Waals surface area (Å²) in [5, 5.41) is 6.61. The molecule has 0 unspecified atom stereocenters. The Morgan fingerprint density at radius 3 is 2.37 bits per heavy atom. The van der Waals surface area contributed by atoms with Crippen molar-refractivity contribution in [1.29, 1.82) is 0 Å². The Labute approximate surface area is 220 Å². The van der Waals surface area contributed by atoms with Crippen LogP contribution in [0, 0.1) is 0 Å². The van der Waals surface area contributed by atoms with Crippen LogP contribution >= 0.6 is 0 Å². The molecule has 0 atom stereocenters. The molecule has 0 radical (unpaired) electrons. The maximum absolute atomic E-state index is 12.7. The maximum Gasteiger partial charge on any atom is 0.274 e. The summed E-state index contributed by atoms with van der Waals surface area (Å²) in [6, 6.07) is 21.0. The van der Waals surface area contributed by atoms with Crippen LogP contribution in [0.4, 0.5) is 11.4 Å². The number of rotatable bonds is 7. The Hall–Kier alpha value is -5.04. The van der Waals surface area contributed by atoms with Crippen LogP contribution in [0.5, 0.6) is 0 Å². The molecule has 5 rings (SSSR count). The van der Waals surface area contributed by atoms with Crippen molar-refractivity contribution in [2.75, 3.05) is 10.6 Å². The molecule has 0 aliphatic rings.